The fraction of sp³-hybridized carbons (Fsp3) is 0.0625. The van der Waals surface area contributed by atoms with Gasteiger partial charge in [-0.1, -0.05) is 22.0 Å². The van der Waals surface area contributed by atoms with Crippen LogP contribution in [0.1, 0.15) is 15.9 Å². The van der Waals surface area contributed by atoms with Gasteiger partial charge < -0.3 is 9.67 Å². The quantitative estimate of drug-likeness (QED) is 0.767. The predicted octanol–water partition coefficient (Wildman–Crippen LogP) is 4.29. The molecule has 0 atom stereocenters. The molecule has 0 aliphatic heterocycles. The lowest BCUT2D eigenvalue weighted by atomic mass is 10.1. The van der Waals surface area contributed by atoms with E-state index in [0.717, 1.165) is 11.1 Å². The van der Waals surface area contributed by atoms with E-state index >= 15 is 0 Å². The number of benzene rings is 2. The molecule has 106 valence electrons. The molecule has 21 heavy (non-hydrogen) atoms. The largest absolute Gasteiger partial charge is 0.478 e. The van der Waals surface area contributed by atoms with Crippen molar-refractivity contribution in [2.75, 3.05) is 0 Å². The Kier molecular flexibility index (Phi) is 3.51. The van der Waals surface area contributed by atoms with Crippen LogP contribution in [-0.4, -0.2) is 15.6 Å². The fourth-order valence-electron chi connectivity index (χ4n) is 2.45. The summed E-state index contributed by atoms with van der Waals surface area (Å²) in [6, 6.07) is 11.6. The summed E-state index contributed by atoms with van der Waals surface area (Å²) < 4.78 is 16.0. The Morgan fingerprint density at radius 1 is 1.24 bits per heavy atom. The first-order chi connectivity index (χ1) is 10.0. The summed E-state index contributed by atoms with van der Waals surface area (Å²) in [6.07, 6.45) is 1.82. The molecule has 3 aromatic rings. The molecule has 2 aromatic carbocycles. The van der Waals surface area contributed by atoms with Crippen LogP contribution in [-0.2, 0) is 6.54 Å². The SMILES string of the molecule is O=C(O)c1cccc2c1ccn2Cc1cc(F)cc(Br)c1. The lowest BCUT2D eigenvalue weighted by Crippen LogP contribution is -2.00. The molecule has 1 heterocycles. The molecule has 0 saturated heterocycles. The lowest BCUT2D eigenvalue weighted by Gasteiger charge is -2.07. The summed E-state index contributed by atoms with van der Waals surface area (Å²) in [4.78, 5) is 11.2. The molecule has 0 spiro atoms. The Balaban J connectivity index is 2.05. The van der Waals surface area contributed by atoms with Crippen LogP contribution in [0.3, 0.4) is 0 Å². The van der Waals surface area contributed by atoms with E-state index in [1.807, 2.05) is 22.9 Å². The number of carbonyl (C=O) groups is 1. The zero-order valence-electron chi connectivity index (χ0n) is 10.9. The molecule has 0 aliphatic carbocycles. The van der Waals surface area contributed by atoms with Crippen molar-refractivity contribution in [1.82, 2.24) is 4.57 Å². The molecule has 5 heteroatoms. The van der Waals surface area contributed by atoms with Gasteiger partial charge in [0.2, 0.25) is 0 Å². The zero-order chi connectivity index (χ0) is 15.0. The molecular weight excluding hydrogens is 337 g/mol. The number of rotatable bonds is 3. The maximum atomic E-state index is 13.4. The molecule has 0 amide bonds. The molecule has 1 aromatic heterocycles. The topological polar surface area (TPSA) is 42.2 Å². The van der Waals surface area contributed by atoms with E-state index in [-0.39, 0.29) is 11.4 Å². The summed E-state index contributed by atoms with van der Waals surface area (Å²) in [5, 5.41) is 9.87. The first-order valence-corrected chi connectivity index (χ1v) is 7.10. The maximum Gasteiger partial charge on any atom is 0.336 e. The number of nitrogens with zero attached hydrogens (tertiary/aromatic N) is 1. The molecule has 0 aliphatic rings. The van der Waals surface area contributed by atoms with Gasteiger partial charge in [0.05, 0.1) is 5.56 Å². The monoisotopic (exact) mass is 347 g/mol. The van der Waals surface area contributed by atoms with Gasteiger partial charge in [0.1, 0.15) is 5.82 Å². The number of halogens is 2. The summed E-state index contributed by atoms with van der Waals surface area (Å²) in [5.74, 6) is -1.26. The average Bonchev–Trinajstić information content (AvgIpc) is 2.80. The number of aromatic nitrogens is 1. The van der Waals surface area contributed by atoms with E-state index < -0.39 is 5.97 Å². The third-order valence-corrected chi connectivity index (χ3v) is 3.78. The smallest absolute Gasteiger partial charge is 0.336 e. The molecule has 0 bridgehead atoms. The normalized spacial score (nSPS) is 11.0. The van der Waals surface area contributed by atoms with Crippen LogP contribution in [0.2, 0.25) is 0 Å². The molecule has 0 fully saturated rings. The van der Waals surface area contributed by atoms with Crippen molar-refractivity contribution < 1.29 is 14.3 Å². The summed E-state index contributed by atoms with van der Waals surface area (Å²) in [5.41, 5.74) is 1.89. The van der Waals surface area contributed by atoms with Crippen molar-refractivity contribution in [2.24, 2.45) is 0 Å². The number of fused-ring (bicyclic) bond motifs is 1. The van der Waals surface area contributed by atoms with Crippen molar-refractivity contribution in [1.29, 1.82) is 0 Å². The maximum absolute atomic E-state index is 13.4. The van der Waals surface area contributed by atoms with E-state index in [1.54, 1.807) is 18.2 Å². The number of aromatic carboxylic acids is 1. The second kappa shape index (κ2) is 5.33. The molecule has 0 radical (unpaired) electrons. The van der Waals surface area contributed by atoms with Crippen LogP contribution in [0.4, 0.5) is 4.39 Å². The molecular formula is C16H11BrFNO2. The van der Waals surface area contributed by atoms with Gasteiger partial charge in [-0.15, -0.1) is 0 Å². The van der Waals surface area contributed by atoms with Crippen molar-refractivity contribution >= 4 is 32.8 Å². The van der Waals surface area contributed by atoms with Crippen molar-refractivity contribution in [3.63, 3.8) is 0 Å². The zero-order valence-corrected chi connectivity index (χ0v) is 12.5. The van der Waals surface area contributed by atoms with Gasteiger partial charge in [-0.3, -0.25) is 0 Å². The van der Waals surface area contributed by atoms with Crippen LogP contribution < -0.4 is 0 Å². The second-order valence-electron chi connectivity index (χ2n) is 4.76. The average molecular weight is 348 g/mol. The van der Waals surface area contributed by atoms with E-state index in [0.29, 0.717) is 16.4 Å². The third-order valence-electron chi connectivity index (χ3n) is 3.32. The van der Waals surface area contributed by atoms with E-state index in [9.17, 15) is 14.3 Å². The van der Waals surface area contributed by atoms with E-state index in [4.69, 9.17) is 0 Å². The van der Waals surface area contributed by atoms with E-state index in [2.05, 4.69) is 15.9 Å². The Morgan fingerprint density at radius 2 is 2.05 bits per heavy atom. The van der Waals surface area contributed by atoms with Crippen LogP contribution in [0.25, 0.3) is 10.9 Å². The Hall–Kier alpha value is -2.14. The highest BCUT2D eigenvalue weighted by molar-refractivity contribution is 9.10. The molecule has 0 unspecified atom stereocenters. The Morgan fingerprint density at radius 3 is 2.76 bits per heavy atom. The van der Waals surface area contributed by atoms with Gasteiger partial charge in [0.15, 0.2) is 0 Å². The van der Waals surface area contributed by atoms with Crippen molar-refractivity contribution in [3.8, 4) is 0 Å². The lowest BCUT2D eigenvalue weighted by molar-refractivity contribution is 0.0699. The van der Waals surface area contributed by atoms with Crippen LogP contribution >= 0.6 is 15.9 Å². The van der Waals surface area contributed by atoms with Crippen molar-refractivity contribution in [3.05, 3.63) is 70.1 Å². The van der Waals surface area contributed by atoms with Crippen LogP contribution in [0, 0.1) is 5.82 Å². The molecule has 0 saturated carbocycles. The van der Waals surface area contributed by atoms with Crippen LogP contribution in [0.5, 0.6) is 0 Å². The predicted molar refractivity (Wildman–Crippen MR) is 82.1 cm³/mol. The Bertz CT molecular complexity index is 821. The van der Waals surface area contributed by atoms with Gasteiger partial charge >= 0.3 is 5.97 Å². The highest BCUT2D eigenvalue weighted by atomic mass is 79.9. The van der Waals surface area contributed by atoms with Gasteiger partial charge in [0.25, 0.3) is 0 Å². The summed E-state index contributed by atoms with van der Waals surface area (Å²) in [6.45, 7) is 0.475. The molecule has 1 N–H and O–H groups in total. The number of hydrogen-bond acceptors (Lipinski definition) is 1. The fourth-order valence-corrected chi connectivity index (χ4v) is 2.96. The summed E-state index contributed by atoms with van der Waals surface area (Å²) in [7, 11) is 0. The molecule has 3 rings (SSSR count). The van der Waals surface area contributed by atoms with E-state index in [1.165, 1.54) is 12.1 Å². The second-order valence-corrected chi connectivity index (χ2v) is 5.68. The Labute approximate surface area is 128 Å². The minimum Gasteiger partial charge on any atom is -0.478 e. The standard InChI is InChI=1S/C16H11BrFNO2/c17-11-6-10(7-12(18)8-11)9-19-5-4-13-14(16(20)21)2-1-3-15(13)19/h1-8H,9H2,(H,20,21). The van der Waals surface area contributed by atoms with Crippen LogP contribution in [0.15, 0.2) is 53.1 Å². The highest BCUT2D eigenvalue weighted by Crippen LogP contribution is 2.22. The number of carboxylic acid groups (broad SMARTS) is 1. The summed E-state index contributed by atoms with van der Waals surface area (Å²) >= 11 is 3.27. The van der Waals surface area contributed by atoms with Crippen molar-refractivity contribution in [2.45, 2.75) is 6.54 Å². The van der Waals surface area contributed by atoms with Gasteiger partial charge in [-0.05, 0) is 42.0 Å². The van der Waals surface area contributed by atoms with Gasteiger partial charge in [-0.2, -0.15) is 0 Å². The van der Waals surface area contributed by atoms with Gasteiger partial charge in [0, 0.05) is 28.1 Å². The van der Waals surface area contributed by atoms with Gasteiger partial charge in [-0.25, -0.2) is 9.18 Å². The number of carboxylic acids is 1. The minimum absolute atomic E-state index is 0.270. The highest BCUT2D eigenvalue weighted by Gasteiger charge is 2.11. The first kappa shape index (κ1) is 13.8. The first-order valence-electron chi connectivity index (χ1n) is 6.31. The third kappa shape index (κ3) is 2.69. The molecule has 3 nitrogen and oxygen atoms in total. The number of hydrogen-bond donors (Lipinski definition) is 1. The minimum atomic E-state index is -0.952.